The lowest BCUT2D eigenvalue weighted by Gasteiger charge is -2.09. The zero-order valence-electron chi connectivity index (χ0n) is 15.9. The van der Waals surface area contributed by atoms with Crippen LogP contribution in [-0.2, 0) is 4.79 Å². The number of ether oxygens (including phenoxy) is 1. The van der Waals surface area contributed by atoms with Crippen molar-refractivity contribution in [3.05, 3.63) is 81.6 Å². The molecule has 8 nitrogen and oxygen atoms in total. The number of benzene rings is 2. The first-order valence-electron chi connectivity index (χ1n) is 8.80. The number of amides is 1. The maximum Gasteiger partial charge on any atom is 0.280 e. The summed E-state index contributed by atoms with van der Waals surface area (Å²) in [4.78, 5) is 22.6. The molecule has 1 aromatic heterocycles. The number of para-hydroxylation sites is 1. The minimum Gasteiger partial charge on any atom is -0.483 e. The van der Waals surface area contributed by atoms with E-state index in [1.54, 1.807) is 36.4 Å². The van der Waals surface area contributed by atoms with E-state index in [-0.39, 0.29) is 12.3 Å². The van der Waals surface area contributed by atoms with Crippen molar-refractivity contribution in [1.29, 1.82) is 0 Å². The lowest BCUT2D eigenvalue weighted by atomic mass is 10.1. The van der Waals surface area contributed by atoms with Gasteiger partial charge in [0.2, 0.25) is 0 Å². The molecule has 0 saturated heterocycles. The highest BCUT2D eigenvalue weighted by Crippen LogP contribution is 2.30. The molecular formula is C21H19N3O5. The van der Waals surface area contributed by atoms with Gasteiger partial charge in [-0.3, -0.25) is 14.9 Å². The molecule has 3 rings (SSSR count). The number of furan rings is 1. The van der Waals surface area contributed by atoms with Crippen LogP contribution in [0.4, 0.5) is 5.69 Å². The number of nitro groups is 1. The first-order chi connectivity index (χ1) is 14.0. The number of nitro benzene ring substituents is 1. The normalized spacial score (nSPS) is 10.8. The molecule has 1 heterocycles. The highest BCUT2D eigenvalue weighted by atomic mass is 16.6. The lowest BCUT2D eigenvalue weighted by Crippen LogP contribution is -2.24. The molecule has 0 atom stereocenters. The van der Waals surface area contributed by atoms with E-state index in [1.165, 1.54) is 12.3 Å². The van der Waals surface area contributed by atoms with Crippen molar-refractivity contribution in [3.8, 4) is 17.1 Å². The van der Waals surface area contributed by atoms with E-state index in [4.69, 9.17) is 9.15 Å². The molecule has 0 unspecified atom stereocenters. The third-order valence-electron chi connectivity index (χ3n) is 4.29. The number of nitrogens with one attached hydrogen (secondary N) is 1. The molecule has 8 heteroatoms. The summed E-state index contributed by atoms with van der Waals surface area (Å²) in [6.45, 7) is 3.71. The highest BCUT2D eigenvalue weighted by molar-refractivity contribution is 5.82. The molecule has 0 aliphatic rings. The van der Waals surface area contributed by atoms with E-state index < -0.39 is 10.8 Å². The molecule has 1 amide bonds. The van der Waals surface area contributed by atoms with Crippen molar-refractivity contribution < 1.29 is 18.9 Å². The molecule has 29 heavy (non-hydrogen) atoms. The Balaban J connectivity index is 1.58. The topological polar surface area (TPSA) is 107 Å². The van der Waals surface area contributed by atoms with Gasteiger partial charge in [0, 0.05) is 6.07 Å². The number of nitrogens with zero attached hydrogens (tertiary/aromatic N) is 2. The summed E-state index contributed by atoms with van der Waals surface area (Å²) in [6, 6.07) is 15.1. The van der Waals surface area contributed by atoms with Crippen LogP contribution in [0.3, 0.4) is 0 Å². The Morgan fingerprint density at radius 2 is 1.97 bits per heavy atom. The molecule has 0 spiro atoms. The van der Waals surface area contributed by atoms with Crippen molar-refractivity contribution in [3.63, 3.8) is 0 Å². The Hall–Kier alpha value is -3.94. The van der Waals surface area contributed by atoms with Gasteiger partial charge in [0.15, 0.2) is 6.61 Å². The van der Waals surface area contributed by atoms with Gasteiger partial charge in [-0.25, -0.2) is 5.43 Å². The van der Waals surface area contributed by atoms with Crippen LogP contribution in [0, 0.1) is 24.0 Å². The van der Waals surface area contributed by atoms with Crippen LogP contribution < -0.4 is 10.2 Å². The van der Waals surface area contributed by atoms with Crippen molar-refractivity contribution in [2.45, 2.75) is 13.8 Å². The first-order valence-corrected chi connectivity index (χ1v) is 8.80. The number of hydrogen-bond donors (Lipinski definition) is 1. The molecule has 0 saturated carbocycles. The van der Waals surface area contributed by atoms with Gasteiger partial charge in [0.25, 0.3) is 11.6 Å². The maximum atomic E-state index is 11.9. The van der Waals surface area contributed by atoms with Gasteiger partial charge in [-0.05, 0) is 49.2 Å². The predicted molar refractivity (Wildman–Crippen MR) is 108 cm³/mol. The van der Waals surface area contributed by atoms with Crippen molar-refractivity contribution in [1.82, 2.24) is 5.43 Å². The number of rotatable bonds is 7. The predicted octanol–water partition coefficient (Wildman–Crippen LogP) is 4.00. The Morgan fingerprint density at radius 3 is 2.76 bits per heavy atom. The molecule has 0 radical (unpaired) electrons. The van der Waals surface area contributed by atoms with E-state index in [0.29, 0.717) is 22.8 Å². The Morgan fingerprint density at radius 1 is 1.17 bits per heavy atom. The van der Waals surface area contributed by atoms with Crippen molar-refractivity contribution >= 4 is 17.8 Å². The fraction of sp³-hybridized carbons (Fsp3) is 0.143. The van der Waals surface area contributed by atoms with Crippen LogP contribution in [0.5, 0.6) is 5.75 Å². The summed E-state index contributed by atoms with van der Waals surface area (Å²) in [5.41, 5.74) is 4.71. The van der Waals surface area contributed by atoms with E-state index in [2.05, 4.69) is 10.5 Å². The summed E-state index contributed by atoms with van der Waals surface area (Å²) in [6.07, 6.45) is 1.31. The molecule has 148 valence electrons. The highest BCUT2D eigenvalue weighted by Gasteiger charge is 2.16. The minimum absolute atomic E-state index is 0.0535. The van der Waals surface area contributed by atoms with Crippen LogP contribution in [-0.4, -0.2) is 23.7 Å². The van der Waals surface area contributed by atoms with E-state index in [9.17, 15) is 14.9 Å². The second-order valence-electron chi connectivity index (χ2n) is 6.26. The van der Waals surface area contributed by atoms with Crippen LogP contribution in [0.2, 0.25) is 0 Å². The molecule has 3 aromatic rings. The Labute approximate surface area is 167 Å². The van der Waals surface area contributed by atoms with Crippen LogP contribution in [0.15, 0.2) is 64.1 Å². The van der Waals surface area contributed by atoms with Gasteiger partial charge in [0.1, 0.15) is 17.3 Å². The fourth-order valence-electron chi connectivity index (χ4n) is 2.63. The van der Waals surface area contributed by atoms with E-state index >= 15 is 0 Å². The lowest BCUT2D eigenvalue weighted by molar-refractivity contribution is -0.384. The number of carbonyl (C=O) groups excluding carboxylic acids is 1. The fourth-order valence-corrected chi connectivity index (χ4v) is 2.63. The van der Waals surface area contributed by atoms with Crippen LogP contribution in [0.25, 0.3) is 11.3 Å². The SMILES string of the molecule is Cc1cccc(OCC(=O)N/N=C\c2ccc(-c3ccccc3[N+](=O)[O-])o2)c1C. The molecule has 0 aliphatic heterocycles. The monoisotopic (exact) mass is 393 g/mol. The number of hydrogen-bond acceptors (Lipinski definition) is 6. The second-order valence-corrected chi connectivity index (χ2v) is 6.26. The number of carbonyl (C=O) groups is 1. The Bertz CT molecular complexity index is 1070. The summed E-state index contributed by atoms with van der Waals surface area (Å²) < 4.78 is 11.1. The van der Waals surface area contributed by atoms with Crippen LogP contribution in [0.1, 0.15) is 16.9 Å². The van der Waals surface area contributed by atoms with Gasteiger partial charge >= 0.3 is 0 Å². The van der Waals surface area contributed by atoms with Gasteiger partial charge in [-0.2, -0.15) is 5.10 Å². The van der Waals surface area contributed by atoms with Crippen molar-refractivity contribution in [2.24, 2.45) is 5.10 Å². The molecular weight excluding hydrogens is 374 g/mol. The van der Waals surface area contributed by atoms with Crippen molar-refractivity contribution in [2.75, 3.05) is 6.61 Å². The van der Waals surface area contributed by atoms with Gasteiger partial charge in [0.05, 0.1) is 16.7 Å². The third kappa shape index (κ3) is 4.86. The summed E-state index contributed by atoms with van der Waals surface area (Å²) in [5, 5.41) is 15.0. The Kier molecular flexibility index (Phi) is 6.03. The maximum absolute atomic E-state index is 11.9. The average Bonchev–Trinajstić information content (AvgIpc) is 3.18. The standard InChI is InChI=1S/C21H19N3O5/c1-14-6-5-9-19(15(14)2)28-13-21(25)23-22-12-16-10-11-20(29-16)17-7-3-4-8-18(17)24(26)27/h3-12H,13H2,1-2H3,(H,23,25)/b22-12-. The summed E-state index contributed by atoms with van der Waals surface area (Å²) >= 11 is 0. The zero-order chi connectivity index (χ0) is 20.8. The quantitative estimate of drug-likeness (QED) is 0.371. The smallest absolute Gasteiger partial charge is 0.280 e. The molecule has 1 N–H and O–H groups in total. The summed E-state index contributed by atoms with van der Waals surface area (Å²) in [7, 11) is 0. The van der Waals surface area contributed by atoms with Gasteiger partial charge in [-0.1, -0.05) is 24.3 Å². The first kappa shape index (κ1) is 19.8. The van der Waals surface area contributed by atoms with E-state index in [0.717, 1.165) is 11.1 Å². The van der Waals surface area contributed by atoms with E-state index in [1.807, 2.05) is 26.0 Å². The zero-order valence-corrected chi connectivity index (χ0v) is 15.9. The molecule has 2 aromatic carbocycles. The number of hydrazone groups is 1. The van der Waals surface area contributed by atoms with Gasteiger partial charge < -0.3 is 9.15 Å². The average molecular weight is 393 g/mol. The van der Waals surface area contributed by atoms with Crippen LogP contribution >= 0.6 is 0 Å². The second kappa shape index (κ2) is 8.83. The number of aryl methyl sites for hydroxylation is 1. The minimum atomic E-state index is -0.470. The van der Waals surface area contributed by atoms with Gasteiger partial charge in [-0.15, -0.1) is 0 Å². The third-order valence-corrected chi connectivity index (χ3v) is 4.29. The molecule has 0 bridgehead atoms. The molecule has 0 fully saturated rings. The summed E-state index contributed by atoms with van der Waals surface area (Å²) in [5.74, 6) is 0.897. The molecule has 0 aliphatic carbocycles. The largest absolute Gasteiger partial charge is 0.483 e.